The van der Waals surface area contributed by atoms with Gasteiger partial charge in [0.2, 0.25) is 0 Å². The number of fused-ring (bicyclic) bond motifs is 2. The zero-order chi connectivity index (χ0) is 15.9. The average molecular weight is 318 g/mol. The van der Waals surface area contributed by atoms with E-state index in [1.165, 1.54) is 10.8 Å². The Kier molecular flexibility index (Phi) is 3.09. The lowest BCUT2D eigenvalue weighted by Crippen LogP contribution is -2.29. The van der Waals surface area contributed by atoms with Gasteiger partial charge in [-0.1, -0.05) is 29.5 Å². The van der Waals surface area contributed by atoms with E-state index in [9.17, 15) is 0 Å². The van der Waals surface area contributed by atoms with Gasteiger partial charge in [-0.3, -0.25) is 0 Å². The molecule has 2 aromatic carbocycles. The summed E-state index contributed by atoms with van der Waals surface area (Å²) < 4.78 is 1.99. The zero-order valence-corrected chi connectivity index (χ0v) is 13.2. The summed E-state index contributed by atoms with van der Waals surface area (Å²) in [6.45, 7) is 2.08. The van der Waals surface area contributed by atoms with Crippen molar-refractivity contribution in [3.8, 4) is 11.5 Å². The second-order valence-corrected chi connectivity index (χ2v) is 6.37. The lowest BCUT2D eigenvalue weighted by Gasteiger charge is -2.21. The van der Waals surface area contributed by atoms with Gasteiger partial charge in [0.1, 0.15) is 5.69 Å². The first-order valence-electron chi connectivity index (χ1n) is 8.38. The van der Waals surface area contributed by atoms with Crippen LogP contribution in [-0.2, 0) is 0 Å². The normalized spacial score (nSPS) is 16.2. The van der Waals surface area contributed by atoms with Crippen molar-refractivity contribution in [2.75, 3.05) is 13.1 Å². The fourth-order valence-corrected chi connectivity index (χ4v) is 3.45. The molecule has 0 radical (unpaired) electrons. The number of hydrogen-bond donors (Lipinski definition) is 2. The molecule has 1 saturated heterocycles. The summed E-state index contributed by atoms with van der Waals surface area (Å²) in [6.07, 6.45) is 4.19. The Labute approximate surface area is 138 Å². The fourth-order valence-electron chi connectivity index (χ4n) is 3.45. The number of benzene rings is 2. The topological polar surface area (TPSA) is 71.4 Å². The van der Waals surface area contributed by atoms with E-state index in [0.717, 1.165) is 48.5 Å². The van der Waals surface area contributed by atoms with Crippen LogP contribution in [0.1, 0.15) is 18.9 Å². The van der Waals surface area contributed by atoms with E-state index in [1.54, 1.807) is 0 Å². The predicted molar refractivity (Wildman–Crippen MR) is 93.8 cm³/mol. The van der Waals surface area contributed by atoms with Crippen molar-refractivity contribution in [3.05, 3.63) is 42.6 Å². The maximum absolute atomic E-state index is 4.71. The molecule has 2 aromatic heterocycles. The standard InChI is InChI=1S/C18H18N6/c1-2-4-13-10-16-15(9-12(13)3-1)20-18(21-16)17-11-24(23-22-17)14-5-7-19-8-6-14/h1-4,9-11,14,19H,5-8H2,(H,20,21). The monoisotopic (exact) mass is 318 g/mol. The van der Waals surface area contributed by atoms with Gasteiger partial charge >= 0.3 is 0 Å². The van der Waals surface area contributed by atoms with E-state index in [1.807, 2.05) is 16.9 Å². The lowest BCUT2D eigenvalue weighted by atomic mass is 10.1. The van der Waals surface area contributed by atoms with Crippen molar-refractivity contribution < 1.29 is 0 Å². The minimum absolute atomic E-state index is 0.430. The summed E-state index contributed by atoms with van der Waals surface area (Å²) in [6, 6.07) is 13.0. The summed E-state index contributed by atoms with van der Waals surface area (Å²) in [5.74, 6) is 0.778. The molecule has 0 amide bonds. The molecular formula is C18H18N6. The molecule has 1 aliphatic rings. The molecule has 0 bridgehead atoms. The molecule has 24 heavy (non-hydrogen) atoms. The molecule has 6 nitrogen and oxygen atoms in total. The lowest BCUT2D eigenvalue weighted by molar-refractivity contribution is 0.337. The molecule has 2 N–H and O–H groups in total. The van der Waals surface area contributed by atoms with Crippen LogP contribution in [0.15, 0.2) is 42.6 Å². The molecule has 1 aliphatic heterocycles. The third-order valence-corrected chi connectivity index (χ3v) is 4.79. The van der Waals surface area contributed by atoms with Gasteiger partial charge in [0.25, 0.3) is 0 Å². The van der Waals surface area contributed by atoms with Crippen LogP contribution < -0.4 is 5.32 Å². The van der Waals surface area contributed by atoms with Crippen molar-refractivity contribution in [1.29, 1.82) is 0 Å². The molecule has 4 aromatic rings. The van der Waals surface area contributed by atoms with E-state index in [-0.39, 0.29) is 0 Å². The number of H-pyrrole nitrogens is 1. The zero-order valence-electron chi connectivity index (χ0n) is 13.2. The molecule has 0 saturated carbocycles. The van der Waals surface area contributed by atoms with Crippen molar-refractivity contribution in [2.45, 2.75) is 18.9 Å². The number of nitrogens with one attached hydrogen (secondary N) is 2. The van der Waals surface area contributed by atoms with Crippen LogP contribution in [0, 0.1) is 0 Å². The van der Waals surface area contributed by atoms with Crippen LogP contribution in [-0.4, -0.2) is 38.1 Å². The quantitative estimate of drug-likeness (QED) is 0.596. The van der Waals surface area contributed by atoms with Crippen LogP contribution in [0.25, 0.3) is 33.3 Å². The maximum Gasteiger partial charge on any atom is 0.160 e. The molecule has 0 aliphatic carbocycles. The largest absolute Gasteiger partial charge is 0.337 e. The molecule has 3 heterocycles. The van der Waals surface area contributed by atoms with Gasteiger partial charge in [-0.15, -0.1) is 5.10 Å². The number of rotatable bonds is 2. The minimum Gasteiger partial charge on any atom is -0.337 e. The third-order valence-electron chi connectivity index (χ3n) is 4.79. The van der Waals surface area contributed by atoms with Gasteiger partial charge in [-0.2, -0.15) is 0 Å². The first-order chi connectivity index (χ1) is 11.9. The summed E-state index contributed by atoms with van der Waals surface area (Å²) in [7, 11) is 0. The number of aromatic nitrogens is 5. The second-order valence-electron chi connectivity index (χ2n) is 6.37. The predicted octanol–water partition coefficient (Wildman–Crippen LogP) is 2.90. The van der Waals surface area contributed by atoms with Crippen LogP contribution in [0.2, 0.25) is 0 Å². The maximum atomic E-state index is 4.71. The first kappa shape index (κ1) is 13.7. The number of aromatic amines is 1. The van der Waals surface area contributed by atoms with Gasteiger partial charge < -0.3 is 10.3 Å². The Hall–Kier alpha value is -2.73. The Morgan fingerprint density at radius 3 is 2.67 bits per heavy atom. The SMILES string of the molecule is c1ccc2cc3[nH]c(-c4cn(C5CCNCC5)nn4)nc3cc2c1. The minimum atomic E-state index is 0.430. The highest BCUT2D eigenvalue weighted by Gasteiger charge is 2.18. The number of imidazole rings is 1. The first-order valence-corrected chi connectivity index (χ1v) is 8.38. The number of piperidine rings is 1. The Morgan fingerprint density at radius 1 is 1.04 bits per heavy atom. The molecule has 6 heteroatoms. The van der Waals surface area contributed by atoms with Gasteiger partial charge in [0, 0.05) is 0 Å². The molecule has 0 spiro atoms. The van der Waals surface area contributed by atoms with Gasteiger partial charge in [0.05, 0.1) is 23.3 Å². The fraction of sp³-hybridized carbons (Fsp3) is 0.278. The third kappa shape index (κ3) is 2.27. The molecule has 5 rings (SSSR count). The molecule has 0 atom stereocenters. The Morgan fingerprint density at radius 2 is 1.83 bits per heavy atom. The summed E-state index contributed by atoms with van der Waals surface area (Å²) >= 11 is 0. The molecule has 120 valence electrons. The highest BCUT2D eigenvalue weighted by atomic mass is 15.4. The van der Waals surface area contributed by atoms with Gasteiger partial charge in [0.15, 0.2) is 5.82 Å². The van der Waals surface area contributed by atoms with E-state index in [0.29, 0.717) is 6.04 Å². The summed E-state index contributed by atoms with van der Waals surface area (Å²) in [5, 5.41) is 14.4. The van der Waals surface area contributed by atoms with E-state index in [2.05, 4.69) is 50.9 Å². The van der Waals surface area contributed by atoms with Crippen molar-refractivity contribution in [1.82, 2.24) is 30.3 Å². The second kappa shape index (κ2) is 5.42. The van der Waals surface area contributed by atoms with E-state index < -0.39 is 0 Å². The van der Waals surface area contributed by atoms with E-state index in [4.69, 9.17) is 4.98 Å². The highest BCUT2D eigenvalue weighted by Crippen LogP contribution is 2.25. The van der Waals surface area contributed by atoms with Crippen LogP contribution in [0.3, 0.4) is 0 Å². The van der Waals surface area contributed by atoms with Crippen LogP contribution in [0.5, 0.6) is 0 Å². The van der Waals surface area contributed by atoms with Crippen LogP contribution in [0.4, 0.5) is 0 Å². The Bertz CT molecular complexity index is 956. The van der Waals surface area contributed by atoms with Gasteiger partial charge in [-0.25, -0.2) is 9.67 Å². The summed E-state index contributed by atoms with van der Waals surface area (Å²) in [5.41, 5.74) is 2.79. The summed E-state index contributed by atoms with van der Waals surface area (Å²) in [4.78, 5) is 8.09. The molecule has 0 unspecified atom stereocenters. The molecular weight excluding hydrogens is 300 g/mol. The Balaban J connectivity index is 1.54. The van der Waals surface area contributed by atoms with Crippen LogP contribution >= 0.6 is 0 Å². The molecule has 1 fully saturated rings. The number of hydrogen-bond acceptors (Lipinski definition) is 4. The van der Waals surface area contributed by atoms with Gasteiger partial charge in [-0.05, 0) is 48.8 Å². The average Bonchev–Trinajstić information content (AvgIpc) is 3.27. The van der Waals surface area contributed by atoms with Crippen molar-refractivity contribution in [3.63, 3.8) is 0 Å². The van der Waals surface area contributed by atoms with Crippen molar-refractivity contribution in [2.24, 2.45) is 0 Å². The highest BCUT2D eigenvalue weighted by molar-refractivity contribution is 5.95. The van der Waals surface area contributed by atoms with E-state index >= 15 is 0 Å². The smallest absolute Gasteiger partial charge is 0.160 e. The van der Waals surface area contributed by atoms with Crippen molar-refractivity contribution >= 4 is 21.8 Å². The number of nitrogens with zero attached hydrogens (tertiary/aromatic N) is 4.